The molecule has 0 aliphatic heterocycles. The number of nitrogens with one attached hydrogen (secondary N) is 1. The van der Waals surface area contributed by atoms with Gasteiger partial charge in [0.2, 0.25) is 0 Å². The molecule has 2 saturated carbocycles. The largest absolute Gasteiger partial charge is 0.493 e. The van der Waals surface area contributed by atoms with Crippen molar-refractivity contribution in [3.63, 3.8) is 0 Å². The number of ether oxygens (including phenoxy) is 1. The van der Waals surface area contributed by atoms with E-state index in [1.807, 2.05) is 25.1 Å². The van der Waals surface area contributed by atoms with Crippen molar-refractivity contribution in [1.29, 1.82) is 0 Å². The lowest BCUT2D eigenvalue weighted by atomic mass is 9.71. The van der Waals surface area contributed by atoms with E-state index in [0.717, 1.165) is 49.4 Å². The van der Waals surface area contributed by atoms with Gasteiger partial charge in [0.1, 0.15) is 11.9 Å². The zero-order valence-electron chi connectivity index (χ0n) is 20.8. The van der Waals surface area contributed by atoms with E-state index >= 15 is 0 Å². The molecule has 4 nitrogen and oxygen atoms in total. The van der Waals surface area contributed by atoms with Crippen molar-refractivity contribution >= 4 is 5.82 Å². The minimum atomic E-state index is -0.0115. The highest BCUT2D eigenvalue weighted by molar-refractivity contribution is 5.39. The Bertz CT molecular complexity index is 916. The number of hydrogen-bond donors (Lipinski definition) is 2. The van der Waals surface area contributed by atoms with E-state index in [0.29, 0.717) is 12.5 Å². The van der Waals surface area contributed by atoms with Crippen molar-refractivity contribution in [3.05, 3.63) is 72.8 Å². The van der Waals surface area contributed by atoms with E-state index in [4.69, 9.17) is 16.9 Å². The molecule has 3 atom stereocenters. The average Bonchev–Trinajstić information content (AvgIpc) is 3.57. The summed E-state index contributed by atoms with van der Waals surface area (Å²) in [6, 6.07) is 5.70. The standard InChI is InChI=1S/C22H31NO.C8H10N2/c1-3-19-20(13-16-23)21(19)24-17(2)22(14-9-4-5-10-15-22)18-11-7-6-8-12-18;1-7(2)10-8-5-3-4-6-9-8/h1,7,11-12,19-21H,2,4-6,8-10,13-16,23H2;3-6H,1H2,2H3,(H,9,10). The Morgan fingerprint density at radius 3 is 2.56 bits per heavy atom. The number of hydrogen-bond acceptors (Lipinski definition) is 4. The Balaban J connectivity index is 0.000000271. The zero-order valence-corrected chi connectivity index (χ0v) is 20.8. The first-order chi connectivity index (χ1) is 16.5. The van der Waals surface area contributed by atoms with Gasteiger partial charge in [0.25, 0.3) is 0 Å². The van der Waals surface area contributed by atoms with Gasteiger partial charge in [-0.2, -0.15) is 0 Å². The van der Waals surface area contributed by atoms with Gasteiger partial charge >= 0.3 is 0 Å². The Kier molecular flexibility index (Phi) is 9.60. The first-order valence-electron chi connectivity index (χ1n) is 12.7. The van der Waals surface area contributed by atoms with Crippen molar-refractivity contribution < 1.29 is 4.74 Å². The molecule has 2 fully saturated rings. The first kappa shape index (κ1) is 25.8. The molecule has 1 aromatic heterocycles. The van der Waals surface area contributed by atoms with Gasteiger partial charge in [-0.1, -0.05) is 69.1 Å². The molecule has 0 spiro atoms. The summed E-state index contributed by atoms with van der Waals surface area (Å²) in [5, 5.41) is 3.00. The molecule has 182 valence electrons. The fraction of sp³-hybridized carbons (Fsp3) is 0.500. The van der Waals surface area contributed by atoms with Crippen LogP contribution in [0.1, 0.15) is 64.7 Å². The smallest absolute Gasteiger partial charge is 0.129 e. The minimum Gasteiger partial charge on any atom is -0.493 e. The lowest BCUT2D eigenvalue weighted by molar-refractivity contribution is 0.111. The molecule has 0 amide bonds. The number of pyridine rings is 1. The molecule has 0 saturated heterocycles. The van der Waals surface area contributed by atoms with Crippen molar-refractivity contribution in [3.8, 4) is 12.3 Å². The summed E-state index contributed by atoms with van der Waals surface area (Å²) in [6.07, 6.45) is 25.2. The molecule has 3 N–H and O–H groups in total. The molecule has 0 radical (unpaired) electrons. The van der Waals surface area contributed by atoms with E-state index in [1.54, 1.807) is 6.20 Å². The van der Waals surface area contributed by atoms with Gasteiger partial charge in [0.15, 0.2) is 0 Å². The number of aromatic nitrogens is 1. The number of terminal acetylenes is 1. The highest BCUT2D eigenvalue weighted by Gasteiger charge is 2.52. The van der Waals surface area contributed by atoms with Crippen LogP contribution in [-0.2, 0) is 4.74 Å². The van der Waals surface area contributed by atoms with Gasteiger partial charge in [-0.25, -0.2) is 4.98 Å². The summed E-state index contributed by atoms with van der Waals surface area (Å²) in [7, 11) is 0. The number of rotatable bonds is 8. The lowest BCUT2D eigenvalue weighted by Crippen LogP contribution is -2.27. The number of allylic oxidation sites excluding steroid dienone is 5. The van der Waals surface area contributed by atoms with Crippen LogP contribution in [0.2, 0.25) is 0 Å². The highest BCUT2D eigenvalue weighted by atomic mass is 16.5. The minimum absolute atomic E-state index is 0.0115. The summed E-state index contributed by atoms with van der Waals surface area (Å²) in [6.45, 7) is 10.7. The summed E-state index contributed by atoms with van der Waals surface area (Å²) >= 11 is 0. The first-order valence-corrected chi connectivity index (χ1v) is 12.7. The molecule has 0 aromatic carbocycles. The zero-order chi connectivity index (χ0) is 24.4. The summed E-state index contributed by atoms with van der Waals surface area (Å²) in [5.74, 6) is 5.30. The van der Waals surface area contributed by atoms with Gasteiger partial charge < -0.3 is 15.8 Å². The van der Waals surface area contributed by atoms with Crippen LogP contribution in [-0.4, -0.2) is 17.6 Å². The van der Waals surface area contributed by atoms with Crippen LogP contribution in [0.3, 0.4) is 0 Å². The molecule has 34 heavy (non-hydrogen) atoms. The lowest BCUT2D eigenvalue weighted by Gasteiger charge is -2.37. The van der Waals surface area contributed by atoms with Crippen molar-refractivity contribution in [1.82, 2.24) is 4.98 Å². The molecule has 3 aliphatic carbocycles. The van der Waals surface area contributed by atoms with Crippen molar-refractivity contribution in [2.75, 3.05) is 11.9 Å². The molecule has 4 heteroatoms. The predicted molar refractivity (Wildman–Crippen MR) is 143 cm³/mol. The van der Waals surface area contributed by atoms with Crippen molar-refractivity contribution in [2.45, 2.75) is 70.8 Å². The second kappa shape index (κ2) is 12.6. The fourth-order valence-electron chi connectivity index (χ4n) is 5.22. The quantitative estimate of drug-likeness (QED) is 0.256. The van der Waals surface area contributed by atoms with E-state index in [1.165, 1.54) is 31.3 Å². The second-order valence-electron chi connectivity index (χ2n) is 9.70. The third-order valence-corrected chi connectivity index (χ3v) is 7.11. The maximum atomic E-state index is 6.41. The van der Waals surface area contributed by atoms with Crippen LogP contribution in [0.15, 0.2) is 72.8 Å². The van der Waals surface area contributed by atoms with Gasteiger partial charge in [-0.05, 0) is 63.3 Å². The third-order valence-electron chi connectivity index (χ3n) is 7.11. The Morgan fingerprint density at radius 1 is 1.24 bits per heavy atom. The number of nitrogens with two attached hydrogens (primary N) is 1. The molecule has 0 bridgehead atoms. The van der Waals surface area contributed by atoms with E-state index in [-0.39, 0.29) is 17.4 Å². The van der Waals surface area contributed by atoms with Crippen LogP contribution in [0.4, 0.5) is 5.82 Å². The third kappa shape index (κ3) is 6.64. The average molecular weight is 460 g/mol. The molecule has 4 rings (SSSR count). The predicted octanol–water partition coefficient (Wildman–Crippen LogP) is 6.76. The van der Waals surface area contributed by atoms with E-state index in [2.05, 4.69) is 47.6 Å². The molecular weight excluding hydrogens is 418 g/mol. The molecule has 3 aliphatic rings. The maximum Gasteiger partial charge on any atom is 0.129 e. The number of nitrogens with zero attached hydrogens (tertiary/aromatic N) is 1. The van der Waals surface area contributed by atoms with Gasteiger partial charge in [-0.15, -0.1) is 6.42 Å². The van der Waals surface area contributed by atoms with Crippen LogP contribution >= 0.6 is 0 Å². The topological polar surface area (TPSA) is 60.2 Å². The van der Waals surface area contributed by atoms with E-state index in [9.17, 15) is 0 Å². The highest BCUT2D eigenvalue weighted by Crippen LogP contribution is 2.52. The Morgan fingerprint density at radius 2 is 2.00 bits per heavy atom. The van der Waals surface area contributed by atoms with Gasteiger partial charge in [-0.3, -0.25) is 0 Å². The fourth-order valence-corrected chi connectivity index (χ4v) is 5.22. The summed E-state index contributed by atoms with van der Waals surface area (Å²) < 4.78 is 6.41. The van der Waals surface area contributed by atoms with E-state index < -0.39 is 0 Å². The van der Waals surface area contributed by atoms with Crippen LogP contribution in [0.5, 0.6) is 0 Å². The summed E-state index contributed by atoms with van der Waals surface area (Å²) in [5.41, 5.74) is 8.04. The van der Waals surface area contributed by atoms with Crippen LogP contribution in [0, 0.1) is 29.6 Å². The Hall–Kier alpha value is -2.77. The normalized spacial score (nSPS) is 24.9. The number of anilines is 1. The van der Waals surface area contributed by atoms with Crippen LogP contribution < -0.4 is 11.1 Å². The molecular formula is C30H41N3O. The summed E-state index contributed by atoms with van der Waals surface area (Å²) in [4.78, 5) is 4.05. The van der Waals surface area contributed by atoms with Gasteiger partial charge in [0.05, 0.1) is 17.1 Å². The Labute approximate surface area is 206 Å². The second-order valence-corrected chi connectivity index (χ2v) is 9.70. The molecule has 3 unspecified atom stereocenters. The maximum absolute atomic E-state index is 6.41. The molecule has 1 aromatic rings. The van der Waals surface area contributed by atoms with Gasteiger partial charge in [0, 0.05) is 17.8 Å². The SMILES string of the molecule is C#CC1C(CCN)C1OC(=C)C1(C2=CCCC=C2)CCCCCC1.C=C(C)Nc1ccccn1. The monoisotopic (exact) mass is 459 g/mol. The van der Waals surface area contributed by atoms with Crippen LogP contribution in [0.25, 0.3) is 0 Å². The molecule has 1 heterocycles. The van der Waals surface area contributed by atoms with Crippen molar-refractivity contribution in [2.24, 2.45) is 23.0 Å².